The molecule has 0 unspecified atom stereocenters. The van der Waals surface area contributed by atoms with Crippen LogP contribution < -0.4 is 16.0 Å². The van der Waals surface area contributed by atoms with Gasteiger partial charge in [-0.3, -0.25) is 9.78 Å². The Bertz CT molecular complexity index is 1090. The third-order valence-corrected chi connectivity index (χ3v) is 4.76. The Hall–Kier alpha value is -2.65. The molecule has 0 saturated heterocycles. The van der Waals surface area contributed by atoms with Crippen molar-refractivity contribution in [3.05, 3.63) is 63.0 Å². The summed E-state index contributed by atoms with van der Waals surface area (Å²) in [4.78, 5) is 25.4. The number of H-pyrrole nitrogens is 1. The first-order valence-corrected chi connectivity index (χ1v) is 8.12. The Balaban J connectivity index is 1.89. The minimum Gasteiger partial charge on any atom is -0.408 e. The maximum Gasteiger partial charge on any atom is 0.417 e. The Kier molecular flexibility index (Phi) is 3.66. The summed E-state index contributed by atoms with van der Waals surface area (Å²) in [5.41, 5.74) is 0.606. The van der Waals surface area contributed by atoms with Gasteiger partial charge in [0.1, 0.15) is 0 Å². The van der Waals surface area contributed by atoms with Crippen molar-refractivity contribution in [2.45, 2.75) is 11.4 Å². The molecule has 120 valence electrons. The number of rotatable bonds is 4. The summed E-state index contributed by atoms with van der Waals surface area (Å²) in [6.45, 7) is -0.134. The molecule has 0 bridgehead atoms. The second-order valence-electron chi connectivity index (χ2n) is 4.95. The number of hydrogen-bond acceptors (Lipinski definition) is 5. The summed E-state index contributed by atoms with van der Waals surface area (Å²) in [6.07, 6.45) is 1.59. The van der Waals surface area contributed by atoms with Crippen LogP contribution in [0.25, 0.3) is 11.1 Å². The molecule has 0 amide bonds. The lowest BCUT2D eigenvalue weighted by molar-refractivity contribution is 0.553. The molecule has 3 aromatic rings. The Morgan fingerprint density at radius 3 is 2.83 bits per heavy atom. The van der Waals surface area contributed by atoms with Gasteiger partial charge in [0.2, 0.25) is 10.0 Å². The Morgan fingerprint density at radius 1 is 1.26 bits per heavy atom. The molecular weight excluding hydrogens is 322 g/mol. The SMILES string of the molecule is Cn1cccc(CNS(=O)(=O)c2ccc3[nH]c(=O)oc3c2)c1=O. The number of fused-ring (bicyclic) bond motifs is 1. The van der Waals surface area contributed by atoms with Gasteiger partial charge in [0.05, 0.1) is 10.4 Å². The number of sulfonamides is 1. The minimum absolute atomic E-state index is 0.0551. The predicted molar refractivity (Wildman–Crippen MR) is 82.5 cm³/mol. The monoisotopic (exact) mass is 335 g/mol. The van der Waals surface area contributed by atoms with E-state index in [1.165, 1.54) is 22.8 Å². The van der Waals surface area contributed by atoms with Crippen LogP contribution in [0.2, 0.25) is 0 Å². The number of oxazole rings is 1. The van der Waals surface area contributed by atoms with Gasteiger partial charge in [-0.2, -0.15) is 0 Å². The Labute approximate surface area is 130 Å². The van der Waals surface area contributed by atoms with Gasteiger partial charge in [0.25, 0.3) is 5.56 Å². The molecule has 0 spiro atoms. The second-order valence-corrected chi connectivity index (χ2v) is 6.71. The van der Waals surface area contributed by atoms with E-state index in [1.54, 1.807) is 25.4 Å². The lowest BCUT2D eigenvalue weighted by Gasteiger charge is -2.07. The number of aryl methyl sites for hydroxylation is 1. The van der Waals surface area contributed by atoms with Gasteiger partial charge in [-0.1, -0.05) is 6.07 Å². The van der Waals surface area contributed by atoms with Gasteiger partial charge in [-0.25, -0.2) is 17.9 Å². The van der Waals surface area contributed by atoms with Gasteiger partial charge >= 0.3 is 5.76 Å². The van der Waals surface area contributed by atoms with Crippen LogP contribution in [-0.2, 0) is 23.6 Å². The van der Waals surface area contributed by atoms with Crippen molar-refractivity contribution in [2.24, 2.45) is 7.05 Å². The zero-order valence-corrected chi connectivity index (χ0v) is 12.9. The van der Waals surface area contributed by atoms with Crippen molar-refractivity contribution in [3.63, 3.8) is 0 Å². The third kappa shape index (κ3) is 2.96. The minimum atomic E-state index is -3.84. The van der Waals surface area contributed by atoms with E-state index in [9.17, 15) is 18.0 Å². The second kappa shape index (κ2) is 5.52. The third-order valence-electron chi connectivity index (χ3n) is 3.36. The van der Waals surface area contributed by atoms with E-state index >= 15 is 0 Å². The molecule has 0 fully saturated rings. The summed E-state index contributed by atoms with van der Waals surface area (Å²) in [5.74, 6) is -0.657. The lowest BCUT2D eigenvalue weighted by atomic mass is 10.3. The number of aromatic amines is 1. The van der Waals surface area contributed by atoms with Gasteiger partial charge in [-0.05, 0) is 18.2 Å². The van der Waals surface area contributed by atoms with Crippen LogP contribution in [0.3, 0.4) is 0 Å². The van der Waals surface area contributed by atoms with Crippen LogP contribution in [0.1, 0.15) is 5.56 Å². The van der Waals surface area contributed by atoms with Crippen molar-refractivity contribution < 1.29 is 12.8 Å². The smallest absolute Gasteiger partial charge is 0.408 e. The van der Waals surface area contributed by atoms with E-state index in [1.807, 2.05) is 0 Å². The highest BCUT2D eigenvalue weighted by Crippen LogP contribution is 2.16. The summed E-state index contributed by atoms with van der Waals surface area (Å²) in [5, 5.41) is 0. The van der Waals surface area contributed by atoms with Crippen LogP contribution in [0.4, 0.5) is 0 Å². The first-order valence-electron chi connectivity index (χ1n) is 6.64. The highest BCUT2D eigenvalue weighted by Gasteiger charge is 2.16. The van der Waals surface area contributed by atoms with Crippen LogP contribution in [0.15, 0.2) is 55.4 Å². The molecular formula is C14H13N3O5S. The van der Waals surface area contributed by atoms with E-state index in [0.717, 1.165) is 0 Å². The lowest BCUT2D eigenvalue weighted by Crippen LogP contribution is -2.28. The zero-order chi connectivity index (χ0) is 16.6. The number of pyridine rings is 1. The molecule has 9 heteroatoms. The molecule has 2 heterocycles. The summed E-state index contributed by atoms with van der Waals surface area (Å²) in [7, 11) is -2.26. The number of benzene rings is 1. The molecule has 0 aliphatic heterocycles. The molecule has 0 aliphatic carbocycles. The predicted octanol–water partition coefficient (Wildman–Crippen LogP) is 0.298. The summed E-state index contributed by atoms with van der Waals surface area (Å²) < 4.78 is 33.2. The number of nitrogens with zero attached hydrogens (tertiary/aromatic N) is 1. The quantitative estimate of drug-likeness (QED) is 0.712. The van der Waals surface area contributed by atoms with Crippen molar-refractivity contribution in [2.75, 3.05) is 0 Å². The standard InChI is InChI=1S/C14H13N3O5S/c1-17-6-2-3-9(13(17)18)8-15-23(20,21)10-4-5-11-12(7-10)22-14(19)16-11/h2-7,15H,8H2,1H3,(H,16,19). The maximum atomic E-state index is 12.3. The molecule has 0 aliphatic rings. The van der Waals surface area contributed by atoms with E-state index < -0.39 is 15.8 Å². The number of aromatic nitrogens is 2. The van der Waals surface area contributed by atoms with Gasteiger partial charge in [-0.15, -0.1) is 0 Å². The molecule has 8 nitrogen and oxygen atoms in total. The fraction of sp³-hybridized carbons (Fsp3) is 0.143. The Morgan fingerprint density at radius 2 is 2.04 bits per heavy atom. The highest BCUT2D eigenvalue weighted by molar-refractivity contribution is 7.89. The topological polar surface area (TPSA) is 114 Å². The average molecular weight is 335 g/mol. The molecule has 1 aromatic carbocycles. The first kappa shape index (κ1) is 15.3. The normalized spacial score (nSPS) is 11.9. The van der Waals surface area contributed by atoms with Crippen LogP contribution >= 0.6 is 0 Å². The fourth-order valence-corrected chi connectivity index (χ4v) is 3.16. The maximum absolute atomic E-state index is 12.3. The number of nitrogens with one attached hydrogen (secondary N) is 2. The highest BCUT2D eigenvalue weighted by atomic mass is 32.2. The molecule has 0 saturated carbocycles. The van der Waals surface area contributed by atoms with E-state index in [4.69, 9.17) is 4.42 Å². The van der Waals surface area contributed by atoms with Crippen molar-refractivity contribution in [1.82, 2.24) is 14.3 Å². The average Bonchev–Trinajstić information content (AvgIpc) is 2.88. The molecule has 2 aromatic heterocycles. The fourth-order valence-electron chi connectivity index (χ4n) is 2.14. The number of hydrogen-bond donors (Lipinski definition) is 2. The van der Waals surface area contributed by atoms with E-state index in [0.29, 0.717) is 11.1 Å². The van der Waals surface area contributed by atoms with Crippen LogP contribution in [0, 0.1) is 0 Å². The largest absolute Gasteiger partial charge is 0.417 e. The first-order chi connectivity index (χ1) is 10.9. The van der Waals surface area contributed by atoms with Gasteiger partial charge in [0, 0.05) is 31.4 Å². The van der Waals surface area contributed by atoms with Crippen LogP contribution in [-0.4, -0.2) is 18.0 Å². The van der Waals surface area contributed by atoms with Crippen LogP contribution in [0.5, 0.6) is 0 Å². The summed E-state index contributed by atoms with van der Waals surface area (Å²) >= 11 is 0. The molecule has 0 radical (unpaired) electrons. The zero-order valence-electron chi connectivity index (χ0n) is 12.1. The molecule has 2 N–H and O–H groups in total. The summed E-state index contributed by atoms with van der Waals surface area (Å²) in [6, 6.07) is 7.25. The van der Waals surface area contributed by atoms with Gasteiger partial charge < -0.3 is 8.98 Å². The van der Waals surface area contributed by atoms with Crippen molar-refractivity contribution in [1.29, 1.82) is 0 Å². The molecule has 23 heavy (non-hydrogen) atoms. The molecule has 0 atom stereocenters. The van der Waals surface area contributed by atoms with E-state index in [2.05, 4.69) is 9.71 Å². The van der Waals surface area contributed by atoms with Crippen molar-refractivity contribution in [3.8, 4) is 0 Å². The van der Waals surface area contributed by atoms with Crippen molar-refractivity contribution >= 4 is 21.1 Å². The van der Waals surface area contributed by atoms with E-state index in [-0.39, 0.29) is 22.6 Å². The molecule has 3 rings (SSSR count). The van der Waals surface area contributed by atoms with Gasteiger partial charge in [0.15, 0.2) is 5.58 Å².